The number of benzene rings is 2. The average Bonchev–Trinajstić information content (AvgIpc) is 2.66. The molecule has 3 aromatic rings. The van der Waals surface area contributed by atoms with Gasteiger partial charge in [0.15, 0.2) is 5.82 Å². The molecule has 3 rings (SSSR count). The number of nitrogens with zero attached hydrogens (tertiary/aromatic N) is 3. The molecular formula is C19H17N5O. The molecule has 0 fully saturated rings. The first-order valence-corrected chi connectivity index (χ1v) is 7.71. The van der Waals surface area contributed by atoms with Crippen molar-refractivity contribution in [2.75, 3.05) is 18.2 Å². The van der Waals surface area contributed by atoms with Gasteiger partial charge >= 0.3 is 0 Å². The first-order valence-electron chi connectivity index (χ1n) is 7.71. The number of nitrogen functional groups attached to an aromatic ring is 1. The van der Waals surface area contributed by atoms with E-state index in [2.05, 4.69) is 21.4 Å². The lowest BCUT2D eigenvalue weighted by atomic mass is 10.1. The highest BCUT2D eigenvalue weighted by atomic mass is 16.5. The Balaban J connectivity index is 2.03. The minimum absolute atomic E-state index is 0.0930. The summed E-state index contributed by atoms with van der Waals surface area (Å²) in [5, 5.41) is 12.8. The Morgan fingerprint density at radius 2 is 1.80 bits per heavy atom. The predicted octanol–water partition coefficient (Wildman–Crippen LogP) is 3.22. The molecule has 1 heterocycles. The van der Waals surface area contributed by atoms with E-state index in [0.29, 0.717) is 34.9 Å². The number of anilines is 2. The summed E-state index contributed by atoms with van der Waals surface area (Å²) in [4.78, 5) is 8.46. The monoisotopic (exact) mass is 331 g/mol. The molecule has 0 aliphatic rings. The normalized spacial score (nSPS) is 10.1. The van der Waals surface area contributed by atoms with Crippen LogP contribution in [-0.4, -0.2) is 17.1 Å². The van der Waals surface area contributed by atoms with Crippen LogP contribution in [0.25, 0.3) is 11.3 Å². The molecule has 25 heavy (non-hydrogen) atoms. The van der Waals surface area contributed by atoms with Crippen molar-refractivity contribution in [3.05, 3.63) is 65.7 Å². The van der Waals surface area contributed by atoms with Crippen molar-refractivity contribution in [1.29, 1.82) is 5.26 Å². The van der Waals surface area contributed by atoms with E-state index in [1.807, 2.05) is 54.6 Å². The van der Waals surface area contributed by atoms with E-state index in [1.165, 1.54) is 0 Å². The molecule has 0 atom stereocenters. The Kier molecular flexibility index (Phi) is 4.77. The van der Waals surface area contributed by atoms with Gasteiger partial charge in [0.25, 0.3) is 0 Å². The molecule has 0 aliphatic heterocycles. The fourth-order valence-corrected chi connectivity index (χ4v) is 2.53. The van der Waals surface area contributed by atoms with Crippen molar-refractivity contribution in [2.24, 2.45) is 0 Å². The Bertz CT molecular complexity index is 919. The molecule has 0 amide bonds. The van der Waals surface area contributed by atoms with Crippen LogP contribution < -0.4 is 15.8 Å². The van der Waals surface area contributed by atoms with Gasteiger partial charge in [-0.15, -0.1) is 0 Å². The zero-order valence-electron chi connectivity index (χ0n) is 13.7. The standard InChI is InChI=1S/C19H17N5O/c1-25-16-10-6-5-9-14(16)17-15(11-20)18(24-19(21)23-17)22-12-13-7-3-2-4-8-13/h2-10H,12H2,1H3,(H3,21,22,23,24). The number of rotatable bonds is 5. The smallest absolute Gasteiger partial charge is 0.222 e. The number of aromatic nitrogens is 2. The molecule has 0 bridgehead atoms. The molecule has 0 unspecified atom stereocenters. The third kappa shape index (κ3) is 3.51. The molecule has 0 saturated heterocycles. The summed E-state index contributed by atoms with van der Waals surface area (Å²) in [6.07, 6.45) is 0. The number of hydrogen-bond donors (Lipinski definition) is 2. The number of nitriles is 1. The molecule has 124 valence electrons. The number of nitrogens with two attached hydrogens (primary N) is 1. The molecule has 0 spiro atoms. The lowest BCUT2D eigenvalue weighted by molar-refractivity contribution is 0.416. The molecule has 0 radical (unpaired) electrons. The molecule has 3 N–H and O–H groups in total. The van der Waals surface area contributed by atoms with Gasteiger partial charge in [0, 0.05) is 12.1 Å². The first-order chi connectivity index (χ1) is 12.2. The van der Waals surface area contributed by atoms with Crippen LogP contribution in [0.15, 0.2) is 54.6 Å². The second kappa shape index (κ2) is 7.32. The largest absolute Gasteiger partial charge is 0.496 e. The second-order valence-corrected chi connectivity index (χ2v) is 5.31. The summed E-state index contributed by atoms with van der Waals surface area (Å²) < 4.78 is 5.38. The van der Waals surface area contributed by atoms with Gasteiger partial charge in [-0.3, -0.25) is 0 Å². The predicted molar refractivity (Wildman–Crippen MR) is 96.9 cm³/mol. The van der Waals surface area contributed by atoms with E-state index < -0.39 is 0 Å². The summed E-state index contributed by atoms with van der Waals surface area (Å²) in [7, 11) is 1.57. The van der Waals surface area contributed by atoms with Gasteiger partial charge in [0.1, 0.15) is 17.4 Å². The Labute approximate surface area is 145 Å². The zero-order chi connectivity index (χ0) is 17.6. The molecule has 0 aliphatic carbocycles. The van der Waals surface area contributed by atoms with Gasteiger partial charge in [0.2, 0.25) is 5.95 Å². The van der Waals surface area contributed by atoms with Gasteiger partial charge in [-0.2, -0.15) is 10.2 Å². The van der Waals surface area contributed by atoms with Gasteiger partial charge in [-0.25, -0.2) is 4.98 Å². The van der Waals surface area contributed by atoms with Crippen LogP contribution in [0.1, 0.15) is 11.1 Å². The topological polar surface area (TPSA) is 96.8 Å². The minimum atomic E-state index is 0.0930. The average molecular weight is 331 g/mol. The quantitative estimate of drug-likeness (QED) is 0.745. The van der Waals surface area contributed by atoms with E-state index in [4.69, 9.17) is 10.5 Å². The number of ether oxygens (including phenoxy) is 1. The van der Waals surface area contributed by atoms with Crippen molar-refractivity contribution in [3.63, 3.8) is 0 Å². The molecular weight excluding hydrogens is 314 g/mol. The summed E-state index contributed by atoms with van der Waals surface area (Å²) in [5.74, 6) is 1.11. The van der Waals surface area contributed by atoms with Crippen LogP contribution in [0.3, 0.4) is 0 Å². The maximum atomic E-state index is 9.66. The molecule has 0 saturated carbocycles. The SMILES string of the molecule is COc1ccccc1-c1nc(N)nc(NCc2ccccc2)c1C#N. The minimum Gasteiger partial charge on any atom is -0.496 e. The van der Waals surface area contributed by atoms with Crippen LogP contribution in [0.5, 0.6) is 5.75 Å². The Hall–Kier alpha value is -3.59. The highest BCUT2D eigenvalue weighted by molar-refractivity contribution is 5.77. The summed E-state index contributed by atoms with van der Waals surface area (Å²) in [5.41, 5.74) is 8.41. The van der Waals surface area contributed by atoms with Crippen LogP contribution in [0, 0.1) is 11.3 Å². The maximum Gasteiger partial charge on any atom is 0.222 e. The van der Waals surface area contributed by atoms with Crippen LogP contribution in [-0.2, 0) is 6.54 Å². The van der Waals surface area contributed by atoms with Crippen molar-refractivity contribution in [2.45, 2.75) is 6.54 Å². The van der Waals surface area contributed by atoms with Crippen molar-refractivity contribution < 1.29 is 4.74 Å². The van der Waals surface area contributed by atoms with Crippen molar-refractivity contribution in [3.8, 4) is 23.1 Å². The van der Waals surface area contributed by atoms with E-state index in [1.54, 1.807) is 7.11 Å². The van der Waals surface area contributed by atoms with E-state index in [9.17, 15) is 5.26 Å². The summed E-state index contributed by atoms with van der Waals surface area (Å²) in [6, 6.07) is 19.4. The molecule has 2 aromatic carbocycles. The second-order valence-electron chi connectivity index (χ2n) is 5.31. The van der Waals surface area contributed by atoms with Gasteiger partial charge in [0.05, 0.1) is 12.8 Å². The Morgan fingerprint density at radius 3 is 2.52 bits per heavy atom. The maximum absolute atomic E-state index is 9.66. The highest BCUT2D eigenvalue weighted by Gasteiger charge is 2.17. The van der Waals surface area contributed by atoms with Crippen molar-refractivity contribution >= 4 is 11.8 Å². The van der Waals surface area contributed by atoms with E-state index in [0.717, 1.165) is 5.56 Å². The zero-order valence-corrected chi connectivity index (χ0v) is 13.7. The summed E-state index contributed by atoms with van der Waals surface area (Å²) >= 11 is 0. The van der Waals surface area contributed by atoms with Crippen molar-refractivity contribution in [1.82, 2.24) is 9.97 Å². The van der Waals surface area contributed by atoms with E-state index in [-0.39, 0.29) is 5.95 Å². The fourth-order valence-electron chi connectivity index (χ4n) is 2.53. The van der Waals surface area contributed by atoms with Crippen LogP contribution >= 0.6 is 0 Å². The van der Waals surface area contributed by atoms with Gasteiger partial charge < -0.3 is 15.8 Å². The third-order valence-electron chi connectivity index (χ3n) is 3.70. The first kappa shape index (κ1) is 16.3. The lowest BCUT2D eigenvalue weighted by Gasteiger charge is -2.13. The third-order valence-corrected chi connectivity index (χ3v) is 3.70. The van der Waals surface area contributed by atoms with Crippen LogP contribution in [0.2, 0.25) is 0 Å². The van der Waals surface area contributed by atoms with Crippen LogP contribution in [0.4, 0.5) is 11.8 Å². The van der Waals surface area contributed by atoms with Gasteiger partial charge in [-0.1, -0.05) is 42.5 Å². The molecule has 6 heteroatoms. The lowest BCUT2D eigenvalue weighted by Crippen LogP contribution is -2.09. The number of nitrogens with one attached hydrogen (secondary N) is 1. The molecule has 1 aromatic heterocycles. The fraction of sp³-hybridized carbons (Fsp3) is 0.105. The number of para-hydroxylation sites is 1. The van der Waals surface area contributed by atoms with Gasteiger partial charge in [-0.05, 0) is 17.7 Å². The molecule has 6 nitrogen and oxygen atoms in total. The number of hydrogen-bond acceptors (Lipinski definition) is 6. The highest BCUT2D eigenvalue weighted by Crippen LogP contribution is 2.33. The number of methoxy groups -OCH3 is 1. The Morgan fingerprint density at radius 1 is 1.08 bits per heavy atom. The van der Waals surface area contributed by atoms with E-state index >= 15 is 0 Å². The summed E-state index contributed by atoms with van der Waals surface area (Å²) in [6.45, 7) is 0.525.